The first-order valence-corrected chi connectivity index (χ1v) is 10.3. The van der Waals surface area contributed by atoms with E-state index >= 15 is 0 Å². The number of thiazole rings is 1. The van der Waals surface area contributed by atoms with E-state index in [4.69, 9.17) is 0 Å². The van der Waals surface area contributed by atoms with Gasteiger partial charge in [0.25, 0.3) is 0 Å². The lowest BCUT2D eigenvalue weighted by Gasteiger charge is -2.22. The number of hydrogen-bond donors (Lipinski definition) is 2. The Bertz CT molecular complexity index is 829. The van der Waals surface area contributed by atoms with Gasteiger partial charge in [0.05, 0.1) is 18.3 Å². The molecule has 1 aromatic carbocycles. The first-order valence-electron chi connectivity index (χ1n) is 9.45. The van der Waals surface area contributed by atoms with Gasteiger partial charge in [-0.2, -0.15) is 0 Å². The number of carbonyl (C=O) groups is 2. The Morgan fingerprint density at radius 2 is 2.00 bits per heavy atom. The molecule has 0 spiro atoms. The third-order valence-corrected chi connectivity index (χ3v) is 5.79. The van der Waals surface area contributed by atoms with Gasteiger partial charge in [-0.25, -0.2) is 4.98 Å². The summed E-state index contributed by atoms with van der Waals surface area (Å²) in [6.07, 6.45) is 3.92. The molecule has 0 radical (unpaired) electrons. The van der Waals surface area contributed by atoms with Crippen molar-refractivity contribution in [2.75, 3.05) is 18.4 Å². The van der Waals surface area contributed by atoms with Crippen molar-refractivity contribution >= 4 is 28.3 Å². The van der Waals surface area contributed by atoms with Gasteiger partial charge in [0.1, 0.15) is 0 Å². The standard InChI is InChI=1S/C20H24N4O2S/c1-13-4-6-14(7-5-13)16-12-27-20(22-16)23-18(25)11-24-10-2-3-17(24)19(26)21-15-8-9-15/h4-7,12,15,17H,2-3,8-11H2,1H3,(H,21,26)(H,22,23,25). The minimum atomic E-state index is -0.184. The molecule has 1 aliphatic carbocycles. The van der Waals surface area contributed by atoms with Crippen molar-refractivity contribution in [2.24, 2.45) is 0 Å². The summed E-state index contributed by atoms with van der Waals surface area (Å²) in [4.78, 5) is 31.3. The molecule has 1 saturated carbocycles. The number of amides is 2. The van der Waals surface area contributed by atoms with Crippen LogP contribution in [0.2, 0.25) is 0 Å². The maximum atomic E-state index is 12.4. The van der Waals surface area contributed by atoms with Crippen LogP contribution in [0.15, 0.2) is 29.6 Å². The Morgan fingerprint density at radius 3 is 2.74 bits per heavy atom. The van der Waals surface area contributed by atoms with Gasteiger partial charge in [-0.1, -0.05) is 29.8 Å². The van der Waals surface area contributed by atoms with E-state index in [9.17, 15) is 9.59 Å². The minimum Gasteiger partial charge on any atom is -0.352 e. The van der Waals surface area contributed by atoms with E-state index in [0.717, 1.165) is 43.5 Å². The summed E-state index contributed by atoms with van der Waals surface area (Å²) in [5.41, 5.74) is 3.10. The highest BCUT2D eigenvalue weighted by Gasteiger charge is 2.34. The number of carbonyl (C=O) groups excluding carboxylic acids is 2. The van der Waals surface area contributed by atoms with Gasteiger partial charge in [-0.15, -0.1) is 11.3 Å². The highest BCUT2D eigenvalue weighted by molar-refractivity contribution is 7.14. The molecule has 4 rings (SSSR count). The Hall–Kier alpha value is -2.25. The Morgan fingerprint density at radius 1 is 1.22 bits per heavy atom. The van der Waals surface area contributed by atoms with Crippen molar-refractivity contribution in [1.82, 2.24) is 15.2 Å². The molecule has 27 heavy (non-hydrogen) atoms. The van der Waals surface area contributed by atoms with Crippen molar-refractivity contribution in [3.05, 3.63) is 35.2 Å². The van der Waals surface area contributed by atoms with Crippen LogP contribution in [0.5, 0.6) is 0 Å². The molecular weight excluding hydrogens is 360 g/mol. The van der Waals surface area contributed by atoms with E-state index in [0.29, 0.717) is 11.2 Å². The fraction of sp³-hybridized carbons (Fsp3) is 0.450. The van der Waals surface area contributed by atoms with E-state index in [1.165, 1.54) is 16.9 Å². The molecule has 1 unspecified atom stereocenters. The quantitative estimate of drug-likeness (QED) is 0.803. The number of likely N-dealkylation sites (tertiary alicyclic amines) is 1. The van der Waals surface area contributed by atoms with Gasteiger partial charge in [-0.05, 0) is 39.2 Å². The molecule has 2 fully saturated rings. The zero-order valence-electron chi connectivity index (χ0n) is 15.4. The molecule has 6 nitrogen and oxygen atoms in total. The number of nitrogens with zero attached hydrogens (tertiary/aromatic N) is 2. The SMILES string of the molecule is Cc1ccc(-c2csc(NC(=O)CN3CCCC3C(=O)NC3CC3)n2)cc1. The van der Waals surface area contributed by atoms with Crippen LogP contribution in [0.4, 0.5) is 5.13 Å². The Labute approximate surface area is 163 Å². The lowest BCUT2D eigenvalue weighted by molar-refractivity contribution is -0.126. The summed E-state index contributed by atoms with van der Waals surface area (Å²) < 4.78 is 0. The van der Waals surface area contributed by atoms with Crippen LogP contribution in [0.1, 0.15) is 31.2 Å². The molecule has 1 aromatic heterocycles. The van der Waals surface area contributed by atoms with Crippen LogP contribution in [-0.2, 0) is 9.59 Å². The molecule has 2 N–H and O–H groups in total. The molecule has 1 aliphatic heterocycles. The third-order valence-electron chi connectivity index (χ3n) is 5.03. The van der Waals surface area contributed by atoms with Gasteiger partial charge >= 0.3 is 0 Å². The van der Waals surface area contributed by atoms with E-state index in [-0.39, 0.29) is 24.4 Å². The number of nitrogens with one attached hydrogen (secondary N) is 2. The number of aryl methyl sites for hydroxylation is 1. The van der Waals surface area contributed by atoms with Crippen LogP contribution in [0.25, 0.3) is 11.3 Å². The van der Waals surface area contributed by atoms with Crippen molar-refractivity contribution in [2.45, 2.75) is 44.7 Å². The number of hydrogen-bond acceptors (Lipinski definition) is 5. The normalized spacial score (nSPS) is 19.8. The molecule has 2 heterocycles. The second-order valence-electron chi connectivity index (χ2n) is 7.36. The molecular formula is C20H24N4O2S. The van der Waals surface area contributed by atoms with Gasteiger partial charge in [0.2, 0.25) is 11.8 Å². The number of rotatable bonds is 6. The fourth-order valence-electron chi connectivity index (χ4n) is 3.37. The summed E-state index contributed by atoms with van der Waals surface area (Å²) in [5.74, 6) is -0.0513. The first-order chi connectivity index (χ1) is 13.1. The summed E-state index contributed by atoms with van der Waals surface area (Å²) in [5, 5.41) is 8.47. The van der Waals surface area contributed by atoms with Crippen molar-refractivity contribution in [1.29, 1.82) is 0 Å². The second kappa shape index (κ2) is 7.78. The molecule has 1 atom stereocenters. The monoisotopic (exact) mass is 384 g/mol. The number of benzene rings is 1. The van der Waals surface area contributed by atoms with Crippen LogP contribution < -0.4 is 10.6 Å². The maximum Gasteiger partial charge on any atom is 0.240 e. The highest BCUT2D eigenvalue weighted by Crippen LogP contribution is 2.26. The smallest absolute Gasteiger partial charge is 0.240 e. The molecule has 2 amide bonds. The van der Waals surface area contributed by atoms with Gasteiger partial charge in [0, 0.05) is 17.0 Å². The van der Waals surface area contributed by atoms with Crippen LogP contribution in [-0.4, -0.2) is 46.9 Å². The van der Waals surface area contributed by atoms with Gasteiger partial charge < -0.3 is 10.6 Å². The molecule has 1 saturated heterocycles. The zero-order chi connectivity index (χ0) is 18.8. The summed E-state index contributed by atoms with van der Waals surface area (Å²) in [6, 6.07) is 8.33. The van der Waals surface area contributed by atoms with Crippen molar-refractivity contribution in [3.8, 4) is 11.3 Å². The topological polar surface area (TPSA) is 74.3 Å². The van der Waals surface area contributed by atoms with Crippen LogP contribution >= 0.6 is 11.3 Å². The highest BCUT2D eigenvalue weighted by atomic mass is 32.1. The average molecular weight is 385 g/mol. The zero-order valence-corrected chi connectivity index (χ0v) is 16.2. The molecule has 2 aliphatic rings. The van der Waals surface area contributed by atoms with Crippen LogP contribution in [0.3, 0.4) is 0 Å². The summed E-state index contributed by atoms with van der Waals surface area (Å²) >= 11 is 1.42. The Kier molecular flexibility index (Phi) is 5.22. The molecule has 2 aromatic rings. The maximum absolute atomic E-state index is 12.4. The van der Waals surface area contributed by atoms with E-state index in [2.05, 4.69) is 15.6 Å². The van der Waals surface area contributed by atoms with Crippen LogP contribution in [0, 0.1) is 6.92 Å². The summed E-state index contributed by atoms with van der Waals surface area (Å²) in [6.45, 7) is 3.05. The number of aromatic nitrogens is 1. The average Bonchev–Trinajstić information content (AvgIpc) is 3.14. The van der Waals surface area contributed by atoms with Gasteiger partial charge in [-0.3, -0.25) is 14.5 Å². The fourth-order valence-corrected chi connectivity index (χ4v) is 4.10. The van der Waals surface area contributed by atoms with E-state index < -0.39 is 0 Å². The second-order valence-corrected chi connectivity index (χ2v) is 8.22. The number of anilines is 1. The predicted molar refractivity (Wildman–Crippen MR) is 107 cm³/mol. The summed E-state index contributed by atoms with van der Waals surface area (Å²) in [7, 11) is 0. The first kappa shape index (κ1) is 18.1. The third kappa shape index (κ3) is 4.54. The molecule has 0 bridgehead atoms. The van der Waals surface area contributed by atoms with Crippen molar-refractivity contribution in [3.63, 3.8) is 0 Å². The van der Waals surface area contributed by atoms with E-state index in [1.54, 1.807) is 0 Å². The Balaban J connectivity index is 1.33. The van der Waals surface area contributed by atoms with E-state index in [1.807, 2.05) is 41.5 Å². The van der Waals surface area contributed by atoms with Gasteiger partial charge in [0.15, 0.2) is 5.13 Å². The predicted octanol–water partition coefficient (Wildman–Crippen LogP) is 2.80. The minimum absolute atomic E-state index is 0.0682. The lowest BCUT2D eigenvalue weighted by Crippen LogP contribution is -2.46. The molecule has 142 valence electrons. The van der Waals surface area contributed by atoms with Crippen molar-refractivity contribution < 1.29 is 9.59 Å². The largest absolute Gasteiger partial charge is 0.352 e. The lowest BCUT2D eigenvalue weighted by atomic mass is 10.1. The molecule has 7 heteroatoms.